The van der Waals surface area contributed by atoms with Gasteiger partial charge in [0.05, 0.1) is 10.6 Å². The summed E-state index contributed by atoms with van der Waals surface area (Å²) >= 11 is 12.0. The van der Waals surface area contributed by atoms with E-state index in [4.69, 9.17) is 27.9 Å². The third kappa shape index (κ3) is 7.57. The first kappa shape index (κ1) is 28.1. The number of esters is 1. The number of nitrogens with one attached hydrogen (secondary N) is 3. The number of para-hydroxylation sites is 1. The summed E-state index contributed by atoms with van der Waals surface area (Å²) in [4.78, 5) is 49.5. The Labute approximate surface area is 239 Å². The third-order valence-electron chi connectivity index (χ3n) is 5.43. The molecule has 0 saturated carbocycles. The first-order valence-corrected chi connectivity index (χ1v) is 12.6. The highest BCUT2D eigenvalue weighted by Gasteiger charge is 2.15. The minimum absolute atomic E-state index is 0.136. The molecule has 0 aliphatic carbocycles. The number of halogens is 2. The Kier molecular flexibility index (Phi) is 9.30. The number of hydrogen-bond donors (Lipinski definition) is 3. The van der Waals surface area contributed by atoms with Crippen molar-refractivity contribution in [2.75, 3.05) is 5.32 Å². The standard InChI is InChI=1S/C30H21Cl2N3O5/c31-22-13-16-24(25(32)18-22)30(39)40-26-9-5-4-6-19(26)12-17-27(36)34-35-29(38)21-10-14-23(15-11-21)33-28(37)20-7-2-1-3-8-20/h1-18H,(H,33,37)(H,34,36)(H,35,38)/b17-12+. The van der Waals surface area contributed by atoms with Crippen LogP contribution in [0, 0.1) is 0 Å². The van der Waals surface area contributed by atoms with Crippen molar-refractivity contribution in [1.82, 2.24) is 10.9 Å². The molecule has 0 aliphatic rings. The molecule has 0 atom stereocenters. The van der Waals surface area contributed by atoms with Gasteiger partial charge in [-0.1, -0.05) is 59.6 Å². The van der Waals surface area contributed by atoms with Crippen molar-refractivity contribution in [2.45, 2.75) is 0 Å². The molecule has 4 aromatic rings. The summed E-state index contributed by atoms with van der Waals surface area (Å²) in [6.07, 6.45) is 2.60. The summed E-state index contributed by atoms with van der Waals surface area (Å²) in [5, 5.41) is 3.27. The summed E-state index contributed by atoms with van der Waals surface area (Å²) in [5.41, 5.74) is 6.45. The van der Waals surface area contributed by atoms with Crippen molar-refractivity contribution >= 4 is 58.7 Å². The zero-order chi connectivity index (χ0) is 28.5. The molecule has 0 spiro atoms. The average Bonchev–Trinajstić information content (AvgIpc) is 2.96. The number of ether oxygens (including phenoxy) is 1. The van der Waals surface area contributed by atoms with Crippen LogP contribution in [0.25, 0.3) is 6.08 Å². The van der Waals surface area contributed by atoms with Crippen molar-refractivity contribution in [3.8, 4) is 5.75 Å². The molecule has 0 aliphatic heterocycles. The SMILES string of the molecule is O=C(/C=C/c1ccccc1OC(=O)c1ccc(Cl)cc1Cl)NNC(=O)c1ccc(NC(=O)c2ccccc2)cc1. The molecule has 3 N–H and O–H groups in total. The van der Waals surface area contributed by atoms with Crippen molar-refractivity contribution in [3.63, 3.8) is 0 Å². The van der Waals surface area contributed by atoms with Gasteiger partial charge in [0.25, 0.3) is 17.7 Å². The Morgan fingerprint density at radius 2 is 1.38 bits per heavy atom. The van der Waals surface area contributed by atoms with Gasteiger partial charge in [-0.15, -0.1) is 0 Å². The van der Waals surface area contributed by atoms with Crippen molar-refractivity contribution in [1.29, 1.82) is 0 Å². The van der Waals surface area contributed by atoms with Crippen LogP contribution in [0.4, 0.5) is 5.69 Å². The summed E-state index contributed by atoms with van der Waals surface area (Å²) in [6.45, 7) is 0. The quantitative estimate of drug-likeness (QED) is 0.109. The molecule has 0 saturated heterocycles. The second-order valence-electron chi connectivity index (χ2n) is 8.23. The normalized spacial score (nSPS) is 10.6. The van der Waals surface area contributed by atoms with Crippen molar-refractivity contribution in [3.05, 3.63) is 135 Å². The van der Waals surface area contributed by atoms with Crippen LogP contribution in [0.1, 0.15) is 36.6 Å². The van der Waals surface area contributed by atoms with E-state index in [9.17, 15) is 19.2 Å². The van der Waals surface area contributed by atoms with E-state index in [0.717, 1.165) is 0 Å². The predicted molar refractivity (Wildman–Crippen MR) is 153 cm³/mol. The van der Waals surface area contributed by atoms with E-state index >= 15 is 0 Å². The molecular formula is C30H21Cl2N3O5. The van der Waals surface area contributed by atoms with E-state index in [-0.39, 0.29) is 27.8 Å². The van der Waals surface area contributed by atoms with Gasteiger partial charge in [-0.25, -0.2) is 4.79 Å². The van der Waals surface area contributed by atoms with E-state index in [1.807, 2.05) is 6.07 Å². The Morgan fingerprint density at radius 3 is 2.10 bits per heavy atom. The van der Waals surface area contributed by atoms with Gasteiger partial charge < -0.3 is 10.1 Å². The van der Waals surface area contributed by atoms with Gasteiger partial charge in [-0.3, -0.25) is 25.2 Å². The lowest BCUT2D eigenvalue weighted by molar-refractivity contribution is -0.117. The number of hydrazine groups is 1. The predicted octanol–water partition coefficient (Wildman–Crippen LogP) is 5.94. The van der Waals surface area contributed by atoms with E-state index < -0.39 is 17.8 Å². The van der Waals surface area contributed by atoms with Crippen LogP contribution in [0.15, 0.2) is 103 Å². The molecular weight excluding hydrogens is 553 g/mol. The molecule has 200 valence electrons. The lowest BCUT2D eigenvalue weighted by Gasteiger charge is -2.09. The lowest BCUT2D eigenvalue weighted by atomic mass is 10.1. The Bertz CT molecular complexity index is 1590. The molecule has 3 amide bonds. The zero-order valence-corrected chi connectivity index (χ0v) is 22.2. The highest BCUT2D eigenvalue weighted by molar-refractivity contribution is 6.36. The van der Waals surface area contributed by atoms with Crippen molar-refractivity contribution in [2.24, 2.45) is 0 Å². The fraction of sp³-hybridized carbons (Fsp3) is 0. The van der Waals surface area contributed by atoms with E-state index in [1.54, 1.807) is 60.7 Å². The number of rotatable bonds is 7. The van der Waals surface area contributed by atoms with Crippen LogP contribution in [-0.4, -0.2) is 23.7 Å². The van der Waals surface area contributed by atoms with Crippen LogP contribution in [0.3, 0.4) is 0 Å². The molecule has 0 bridgehead atoms. The van der Waals surface area contributed by atoms with Crippen LogP contribution >= 0.6 is 23.2 Å². The smallest absolute Gasteiger partial charge is 0.345 e. The van der Waals surface area contributed by atoms with E-state index in [1.165, 1.54) is 42.5 Å². The van der Waals surface area contributed by atoms with Gasteiger partial charge in [0.1, 0.15) is 5.75 Å². The summed E-state index contributed by atoms with van der Waals surface area (Å²) in [7, 11) is 0. The number of hydrogen-bond acceptors (Lipinski definition) is 5. The van der Waals surface area contributed by atoms with E-state index in [0.29, 0.717) is 21.8 Å². The van der Waals surface area contributed by atoms with Crippen LogP contribution in [-0.2, 0) is 4.79 Å². The molecule has 0 fully saturated rings. The second kappa shape index (κ2) is 13.2. The number of amides is 3. The maximum atomic E-state index is 12.6. The van der Waals surface area contributed by atoms with Gasteiger partial charge >= 0.3 is 5.97 Å². The van der Waals surface area contributed by atoms with Crippen LogP contribution < -0.4 is 20.9 Å². The highest BCUT2D eigenvalue weighted by Crippen LogP contribution is 2.25. The lowest BCUT2D eigenvalue weighted by Crippen LogP contribution is -2.40. The topological polar surface area (TPSA) is 114 Å². The zero-order valence-electron chi connectivity index (χ0n) is 20.7. The molecule has 4 rings (SSSR count). The third-order valence-corrected chi connectivity index (χ3v) is 5.97. The minimum atomic E-state index is -0.690. The molecule has 0 radical (unpaired) electrons. The van der Waals surface area contributed by atoms with Gasteiger partial charge in [-0.2, -0.15) is 0 Å². The maximum Gasteiger partial charge on any atom is 0.345 e. The number of carbonyl (C=O) groups is 4. The fourth-order valence-corrected chi connectivity index (χ4v) is 3.90. The van der Waals surface area contributed by atoms with Gasteiger partial charge in [0.15, 0.2) is 0 Å². The van der Waals surface area contributed by atoms with Gasteiger partial charge in [-0.05, 0) is 66.7 Å². The summed E-state index contributed by atoms with van der Waals surface area (Å²) in [6, 6.07) is 25.9. The monoisotopic (exact) mass is 573 g/mol. The fourth-order valence-electron chi connectivity index (χ4n) is 3.42. The second-order valence-corrected chi connectivity index (χ2v) is 9.07. The molecule has 40 heavy (non-hydrogen) atoms. The maximum absolute atomic E-state index is 12.6. The molecule has 8 nitrogen and oxygen atoms in total. The minimum Gasteiger partial charge on any atom is -0.422 e. The number of anilines is 1. The number of benzene rings is 4. The Hall–Kier alpha value is -4.92. The van der Waals surface area contributed by atoms with Crippen LogP contribution in [0.2, 0.25) is 10.0 Å². The average molecular weight is 574 g/mol. The highest BCUT2D eigenvalue weighted by atomic mass is 35.5. The molecule has 0 aromatic heterocycles. The van der Waals surface area contributed by atoms with Gasteiger partial charge in [0, 0.05) is 33.5 Å². The van der Waals surface area contributed by atoms with Gasteiger partial charge in [0.2, 0.25) is 0 Å². The number of carbonyl (C=O) groups excluding carboxylic acids is 4. The first-order valence-electron chi connectivity index (χ1n) is 11.8. The van der Waals surface area contributed by atoms with E-state index in [2.05, 4.69) is 16.2 Å². The first-order chi connectivity index (χ1) is 19.3. The van der Waals surface area contributed by atoms with Crippen LogP contribution in [0.5, 0.6) is 5.75 Å². The molecule has 10 heteroatoms. The Morgan fingerprint density at radius 1 is 0.700 bits per heavy atom. The summed E-state index contributed by atoms with van der Waals surface area (Å²) in [5.74, 6) is -1.95. The molecule has 0 heterocycles. The largest absolute Gasteiger partial charge is 0.422 e. The summed E-state index contributed by atoms with van der Waals surface area (Å²) < 4.78 is 5.45. The molecule has 0 unspecified atom stereocenters. The molecule has 4 aromatic carbocycles. The van der Waals surface area contributed by atoms with Crippen molar-refractivity contribution < 1.29 is 23.9 Å². The Balaban J connectivity index is 1.31.